The maximum Gasteiger partial charge on any atom is 0.407 e. The molecule has 1 aliphatic rings. The van der Waals surface area contributed by atoms with Crippen LogP contribution in [0.4, 0.5) is 4.79 Å². The zero-order valence-corrected chi connectivity index (χ0v) is 10.4. The van der Waals surface area contributed by atoms with Crippen LogP contribution in [0.1, 0.15) is 12.0 Å². The third-order valence-corrected chi connectivity index (χ3v) is 3.12. The minimum atomic E-state index is -0.369. The van der Waals surface area contributed by atoms with Gasteiger partial charge in [-0.05, 0) is 24.1 Å². The lowest BCUT2D eigenvalue weighted by Gasteiger charge is -2.16. The fourth-order valence-corrected chi connectivity index (χ4v) is 2.18. The molecule has 1 saturated heterocycles. The van der Waals surface area contributed by atoms with E-state index < -0.39 is 0 Å². The summed E-state index contributed by atoms with van der Waals surface area (Å²) in [5.41, 5.74) is 1.16. The maximum atomic E-state index is 11.1. The minimum Gasteiger partial charge on any atom is -0.508 e. The number of nitrogens with one attached hydrogen (secondary N) is 1. The molecule has 1 fully saturated rings. The quantitative estimate of drug-likeness (QED) is 0.849. The molecule has 18 heavy (non-hydrogen) atoms. The van der Waals surface area contributed by atoms with Crippen molar-refractivity contribution in [1.29, 1.82) is 0 Å². The maximum absolute atomic E-state index is 11.1. The van der Waals surface area contributed by atoms with Crippen molar-refractivity contribution in [1.82, 2.24) is 10.2 Å². The summed E-state index contributed by atoms with van der Waals surface area (Å²) >= 11 is 0. The van der Waals surface area contributed by atoms with E-state index in [1.54, 1.807) is 12.1 Å². The van der Waals surface area contributed by atoms with Crippen molar-refractivity contribution in [3.8, 4) is 5.75 Å². The van der Waals surface area contributed by atoms with Gasteiger partial charge < -0.3 is 15.2 Å². The molecule has 0 radical (unpaired) electrons. The van der Waals surface area contributed by atoms with E-state index >= 15 is 0 Å². The highest BCUT2D eigenvalue weighted by Crippen LogP contribution is 2.15. The average Bonchev–Trinajstić information content (AvgIpc) is 2.79. The van der Waals surface area contributed by atoms with Gasteiger partial charge in [0.05, 0.1) is 7.11 Å². The third kappa shape index (κ3) is 3.37. The molecule has 0 saturated carbocycles. The van der Waals surface area contributed by atoms with E-state index in [2.05, 4.69) is 15.0 Å². The molecule has 0 bridgehead atoms. The molecule has 5 heteroatoms. The molecule has 1 atom stereocenters. The Morgan fingerprint density at radius 3 is 2.89 bits per heavy atom. The number of carbonyl (C=O) groups excluding carboxylic acids is 1. The molecule has 1 aliphatic heterocycles. The van der Waals surface area contributed by atoms with Gasteiger partial charge in [0.1, 0.15) is 5.75 Å². The van der Waals surface area contributed by atoms with Crippen LogP contribution >= 0.6 is 0 Å². The van der Waals surface area contributed by atoms with Crippen molar-refractivity contribution in [2.75, 3.05) is 20.2 Å². The van der Waals surface area contributed by atoms with E-state index in [0.717, 1.165) is 31.6 Å². The number of nitrogens with zero attached hydrogens (tertiary/aromatic N) is 1. The first kappa shape index (κ1) is 12.7. The van der Waals surface area contributed by atoms with Crippen LogP contribution in [0.15, 0.2) is 24.3 Å². The lowest BCUT2D eigenvalue weighted by molar-refractivity contribution is 0.166. The molecule has 2 N–H and O–H groups in total. The van der Waals surface area contributed by atoms with Gasteiger partial charge in [0.15, 0.2) is 0 Å². The third-order valence-electron chi connectivity index (χ3n) is 3.12. The van der Waals surface area contributed by atoms with E-state index in [1.165, 1.54) is 7.11 Å². The Bertz CT molecular complexity index is 405. The van der Waals surface area contributed by atoms with Crippen LogP contribution in [-0.4, -0.2) is 42.3 Å². The fraction of sp³-hybridized carbons (Fsp3) is 0.462. The number of alkyl carbamates (subject to hydrolysis) is 1. The van der Waals surface area contributed by atoms with Gasteiger partial charge in [-0.2, -0.15) is 0 Å². The van der Waals surface area contributed by atoms with Crippen LogP contribution in [0, 0.1) is 0 Å². The van der Waals surface area contributed by atoms with E-state index in [0.29, 0.717) is 0 Å². The molecular formula is C13H18N2O3. The molecule has 0 aromatic heterocycles. The predicted octanol–water partition coefficient (Wildman–Crippen LogP) is 1.32. The second-order valence-corrected chi connectivity index (χ2v) is 4.52. The standard InChI is InChI=1S/C13H18N2O3/c1-18-13(17)14-11-6-7-15(9-11)8-10-2-4-12(16)5-3-10/h2-5,11,16H,6-9H2,1H3,(H,14,17). The average molecular weight is 250 g/mol. The van der Waals surface area contributed by atoms with Crippen LogP contribution in [0.5, 0.6) is 5.75 Å². The molecule has 2 rings (SSSR count). The lowest BCUT2D eigenvalue weighted by Crippen LogP contribution is -2.36. The van der Waals surface area contributed by atoms with E-state index in [9.17, 15) is 9.90 Å². The molecule has 1 amide bonds. The number of amides is 1. The van der Waals surface area contributed by atoms with Crippen molar-refractivity contribution in [3.05, 3.63) is 29.8 Å². The normalized spacial score (nSPS) is 19.7. The van der Waals surface area contributed by atoms with Crippen molar-refractivity contribution in [2.24, 2.45) is 0 Å². The Kier molecular flexibility index (Phi) is 4.04. The molecule has 1 unspecified atom stereocenters. The van der Waals surface area contributed by atoms with Crippen molar-refractivity contribution in [2.45, 2.75) is 19.0 Å². The summed E-state index contributed by atoms with van der Waals surface area (Å²) < 4.78 is 4.58. The van der Waals surface area contributed by atoms with Crippen molar-refractivity contribution >= 4 is 6.09 Å². The van der Waals surface area contributed by atoms with Crippen LogP contribution in [0.25, 0.3) is 0 Å². The Morgan fingerprint density at radius 1 is 1.50 bits per heavy atom. The summed E-state index contributed by atoms with van der Waals surface area (Å²) in [6.45, 7) is 2.62. The number of rotatable bonds is 3. The number of hydrogen-bond acceptors (Lipinski definition) is 4. The Hall–Kier alpha value is -1.75. The highest BCUT2D eigenvalue weighted by atomic mass is 16.5. The van der Waals surface area contributed by atoms with Gasteiger partial charge in [-0.1, -0.05) is 12.1 Å². The number of likely N-dealkylation sites (tertiary alicyclic amines) is 1. The van der Waals surface area contributed by atoms with Gasteiger partial charge in [-0.3, -0.25) is 4.90 Å². The lowest BCUT2D eigenvalue weighted by atomic mass is 10.2. The molecule has 98 valence electrons. The van der Waals surface area contributed by atoms with Gasteiger partial charge in [-0.25, -0.2) is 4.79 Å². The number of benzene rings is 1. The summed E-state index contributed by atoms with van der Waals surface area (Å²) in [5.74, 6) is 0.283. The van der Waals surface area contributed by atoms with Gasteiger partial charge in [0, 0.05) is 25.7 Å². The Morgan fingerprint density at radius 2 is 2.22 bits per heavy atom. The second-order valence-electron chi connectivity index (χ2n) is 4.52. The summed E-state index contributed by atoms with van der Waals surface area (Å²) in [6, 6.07) is 7.37. The highest BCUT2D eigenvalue weighted by Gasteiger charge is 2.23. The molecule has 0 aliphatic carbocycles. The monoisotopic (exact) mass is 250 g/mol. The Balaban J connectivity index is 1.82. The van der Waals surface area contributed by atoms with E-state index in [4.69, 9.17) is 0 Å². The molecule has 0 spiro atoms. The summed E-state index contributed by atoms with van der Waals surface area (Å²) in [7, 11) is 1.37. The fourth-order valence-electron chi connectivity index (χ4n) is 2.18. The zero-order valence-electron chi connectivity index (χ0n) is 10.4. The number of aromatic hydroxyl groups is 1. The second kappa shape index (κ2) is 5.73. The SMILES string of the molecule is COC(=O)NC1CCN(Cc2ccc(O)cc2)C1. The van der Waals surface area contributed by atoms with Crippen molar-refractivity contribution < 1.29 is 14.6 Å². The van der Waals surface area contributed by atoms with Gasteiger partial charge >= 0.3 is 6.09 Å². The first-order valence-electron chi connectivity index (χ1n) is 6.02. The number of hydrogen-bond donors (Lipinski definition) is 2. The summed E-state index contributed by atoms with van der Waals surface area (Å²) in [4.78, 5) is 13.4. The van der Waals surface area contributed by atoms with Crippen molar-refractivity contribution in [3.63, 3.8) is 0 Å². The van der Waals surface area contributed by atoms with E-state index in [1.807, 2.05) is 12.1 Å². The molecule has 1 aromatic rings. The first-order valence-corrected chi connectivity index (χ1v) is 6.02. The molecule has 1 heterocycles. The number of phenols is 1. The predicted molar refractivity (Wildman–Crippen MR) is 67.3 cm³/mol. The molecule has 5 nitrogen and oxygen atoms in total. The van der Waals surface area contributed by atoms with Crippen LogP contribution in [-0.2, 0) is 11.3 Å². The number of methoxy groups -OCH3 is 1. The number of carbonyl (C=O) groups is 1. The van der Waals surface area contributed by atoms with Crippen LogP contribution < -0.4 is 5.32 Å². The van der Waals surface area contributed by atoms with Crippen LogP contribution in [0.3, 0.4) is 0 Å². The molecule has 1 aromatic carbocycles. The molecular weight excluding hydrogens is 232 g/mol. The largest absolute Gasteiger partial charge is 0.508 e. The Labute approximate surface area is 106 Å². The zero-order chi connectivity index (χ0) is 13.0. The van der Waals surface area contributed by atoms with Crippen LogP contribution in [0.2, 0.25) is 0 Å². The minimum absolute atomic E-state index is 0.162. The highest BCUT2D eigenvalue weighted by molar-refractivity contribution is 5.67. The number of phenolic OH excluding ortho intramolecular Hbond substituents is 1. The summed E-state index contributed by atoms with van der Waals surface area (Å²) in [6.07, 6.45) is 0.569. The van der Waals surface area contributed by atoms with Gasteiger partial charge in [-0.15, -0.1) is 0 Å². The summed E-state index contributed by atoms with van der Waals surface area (Å²) in [5, 5.41) is 12.0. The topological polar surface area (TPSA) is 61.8 Å². The smallest absolute Gasteiger partial charge is 0.407 e. The van der Waals surface area contributed by atoms with Gasteiger partial charge in [0.2, 0.25) is 0 Å². The number of ether oxygens (including phenoxy) is 1. The van der Waals surface area contributed by atoms with Gasteiger partial charge in [0.25, 0.3) is 0 Å². The van der Waals surface area contributed by atoms with E-state index in [-0.39, 0.29) is 17.9 Å². The first-order chi connectivity index (χ1) is 8.67.